The van der Waals surface area contributed by atoms with Gasteiger partial charge in [0, 0.05) is 17.1 Å². The van der Waals surface area contributed by atoms with Crippen molar-refractivity contribution >= 4 is 23.2 Å². The van der Waals surface area contributed by atoms with E-state index in [0.29, 0.717) is 11.4 Å². The summed E-state index contributed by atoms with van der Waals surface area (Å²) in [4.78, 5) is 21.1. The third kappa shape index (κ3) is 4.03. The van der Waals surface area contributed by atoms with Crippen LogP contribution in [0.1, 0.15) is 27.3 Å². The van der Waals surface area contributed by atoms with Gasteiger partial charge >= 0.3 is 0 Å². The van der Waals surface area contributed by atoms with Gasteiger partial charge in [-0.3, -0.25) is 4.79 Å². The third-order valence-electron chi connectivity index (χ3n) is 4.04. The Bertz CT molecular complexity index is 955. The van der Waals surface area contributed by atoms with E-state index in [0.717, 1.165) is 16.8 Å². The first-order valence-electron chi connectivity index (χ1n) is 8.18. The zero-order chi connectivity index (χ0) is 18.7. The molecule has 0 fully saturated rings. The Morgan fingerprint density at radius 2 is 1.73 bits per heavy atom. The number of nitrogens with zero attached hydrogens (tertiary/aromatic N) is 2. The van der Waals surface area contributed by atoms with E-state index in [2.05, 4.69) is 20.6 Å². The topological polar surface area (TPSA) is 66.9 Å². The fourth-order valence-electron chi connectivity index (χ4n) is 2.48. The summed E-state index contributed by atoms with van der Waals surface area (Å²) < 4.78 is 13.0. The molecule has 0 unspecified atom stereocenters. The molecule has 6 heteroatoms. The van der Waals surface area contributed by atoms with Gasteiger partial charge in [0.15, 0.2) is 0 Å². The highest BCUT2D eigenvalue weighted by Gasteiger charge is 2.13. The van der Waals surface area contributed by atoms with Crippen LogP contribution >= 0.6 is 0 Å². The van der Waals surface area contributed by atoms with E-state index in [9.17, 15) is 9.18 Å². The molecule has 1 aromatic heterocycles. The lowest BCUT2D eigenvalue weighted by atomic mass is 10.1. The number of rotatable bonds is 4. The second-order valence-corrected chi connectivity index (χ2v) is 6.05. The Labute approximate surface area is 151 Å². The van der Waals surface area contributed by atoms with Crippen LogP contribution in [0.2, 0.25) is 0 Å². The molecule has 0 radical (unpaired) electrons. The van der Waals surface area contributed by atoms with Crippen LogP contribution in [-0.2, 0) is 0 Å². The Hall–Kier alpha value is -3.28. The molecule has 2 N–H and O–H groups in total. The van der Waals surface area contributed by atoms with E-state index in [1.54, 1.807) is 25.1 Å². The number of benzene rings is 2. The molecule has 0 aliphatic carbocycles. The van der Waals surface area contributed by atoms with Crippen molar-refractivity contribution in [3.05, 3.63) is 76.9 Å². The second-order valence-electron chi connectivity index (χ2n) is 6.05. The summed E-state index contributed by atoms with van der Waals surface area (Å²) in [6.45, 7) is 5.73. The van der Waals surface area contributed by atoms with E-state index < -0.39 is 0 Å². The first-order chi connectivity index (χ1) is 12.4. The number of amides is 1. The van der Waals surface area contributed by atoms with Crippen LogP contribution in [0.3, 0.4) is 0 Å². The van der Waals surface area contributed by atoms with E-state index >= 15 is 0 Å². The fraction of sp³-hybridized carbons (Fsp3) is 0.150. The van der Waals surface area contributed by atoms with Gasteiger partial charge in [0.2, 0.25) is 5.95 Å². The molecule has 5 nitrogen and oxygen atoms in total. The number of hydrogen-bond acceptors (Lipinski definition) is 4. The van der Waals surface area contributed by atoms with E-state index in [1.165, 1.54) is 12.1 Å². The summed E-state index contributed by atoms with van der Waals surface area (Å²) in [5.74, 6) is -0.358. The van der Waals surface area contributed by atoms with Gasteiger partial charge in [-0.15, -0.1) is 0 Å². The number of hydrogen-bond donors (Lipinski definition) is 2. The first-order valence-corrected chi connectivity index (χ1v) is 8.18. The fourth-order valence-corrected chi connectivity index (χ4v) is 2.48. The Morgan fingerprint density at radius 3 is 2.46 bits per heavy atom. The standard InChI is InChI=1S/C20H19FN4O/c1-12-5-4-6-17(14(12)3)24-19(26)18-11-13(2)22-20(25-18)23-16-9-7-15(21)8-10-16/h4-11H,1-3H3,(H,24,26)(H,22,23,25). The highest BCUT2D eigenvalue weighted by molar-refractivity contribution is 6.03. The molecule has 0 bridgehead atoms. The minimum Gasteiger partial charge on any atom is -0.324 e. The predicted octanol–water partition coefficient (Wildman–Crippen LogP) is 4.54. The lowest BCUT2D eigenvalue weighted by Gasteiger charge is -2.11. The normalized spacial score (nSPS) is 10.5. The minimum absolute atomic E-state index is 0.253. The smallest absolute Gasteiger partial charge is 0.274 e. The highest BCUT2D eigenvalue weighted by atomic mass is 19.1. The zero-order valence-electron chi connectivity index (χ0n) is 14.8. The lowest BCUT2D eigenvalue weighted by molar-refractivity contribution is 0.102. The first kappa shape index (κ1) is 17.5. The molecule has 0 aliphatic rings. The molecule has 1 heterocycles. The molecule has 1 amide bonds. The van der Waals surface area contributed by atoms with Crippen molar-refractivity contribution in [1.29, 1.82) is 0 Å². The van der Waals surface area contributed by atoms with Crippen LogP contribution in [0, 0.1) is 26.6 Å². The van der Waals surface area contributed by atoms with E-state index in [1.807, 2.05) is 32.0 Å². The van der Waals surface area contributed by atoms with Gasteiger partial charge in [-0.1, -0.05) is 12.1 Å². The quantitative estimate of drug-likeness (QED) is 0.725. The van der Waals surface area contributed by atoms with Crippen molar-refractivity contribution < 1.29 is 9.18 Å². The molecule has 2 aromatic carbocycles. The molecule has 0 saturated carbocycles. The van der Waals surface area contributed by atoms with Gasteiger partial charge in [-0.2, -0.15) is 0 Å². The van der Waals surface area contributed by atoms with E-state index in [4.69, 9.17) is 0 Å². The van der Waals surface area contributed by atoms with Gasteiger partial charge in [-0.05, 0) is 68.3 Å². The SMILES string of the molecule is Cc1cc(C(=O)Nc2cccc(C)c2C)nc(Nc2ccc(F)cc2)n1. The lowest BCUT2D eigenvalue weighted by Crippen LogP contribution is -2.16. The minimum atomic E-state index is -0.325. The van der Waals surface area contributed by atoms with Crippen molar-refractivity contribution in [2.45, 2.75) is 20.8 Å². The molecular weight excluding hydrogens is 331 g/mol. The number of nitrogens with one attached hydrogen (secondary N) is 2. The monoisotopic (exact) mass is 350 g/mol. The maximum absolute atomic E-state index is 13.0. The maximum Gasteiger partial charge on any atom is 0.274 e. The van der Waals surface area contributed by atoms with Crippen molar-refractivity contribution in [2.24, 2.45) is 0 Å². The summed E-state index contributed by atoms with van der Waals surface area (Å²) in [5.41, 5.74) is 4.40. The van der Waals surface area contributed by atoms with Gasteiger partial charge in [0.05, 0.1) is 0 Å². The molecule has 26 heavy (non-hydrogen) atoms. The molecule has 3 rings (SSSR count). The van der Waals surface area contributed by atoms with Crippen LogP contribution in [-0.4, -0.2) is 15.9 Å². The van der Waals surface area contributed by atoms with Crippen molar-refractivity contribution in [3.8, 4) is 0 Å². The highest BCUT2D eigenvalue weighted by Crippen LogP contribution is 2.19. The largest absolute Gasteiger partial charge is 0.324 e. The van der Waals surface area contributed by atoms with Crippen LogP contribution in [0.15, 0.2) is 48.5 Å². The Kier molecular flexibility index (Phi) is 4.93. The van der Waals surface area contributed by atoms with Crippen LogP contribution in [0.5, 0.6) is 0 Å². The molecular formula is C20H19FN4O. The average Bonchev–Trinajstić information content (AvgIpc) is 2.60. The summed E-state index contributed by atoms with van der Waals surface area (Å²) in [7, 11) is 0. The average molecular weight is 350 g/mol. The molecule has 0 spiro atoms. The zero-order valence-corrected chi connectivity index (χ0v) is 14.8. The van der Waals surface area contributed by atoms with Crippen molar-refractivity contribution in [2.75, 3.05) is 10.6 Å². The van der Waals surface area contributed by atoms with Crippen LogP contribution < -0.4 is 10.6 Å². The van der Waals surface area contributed by atoms with E-state index in [-0.39, 0.29) is 23.4 Å². The molecule has 132 valence electrons. The number of aromatic nitrogens is 2. The van der Waals surface area contributed by atoms with Crippen molar-refractivity contribution in [3.63, 3.8) is 0 Å². The Morgan fingerprint density at radius 1 is 1.00 bits per heavy atom. The third-order valence-corrected chi connectivity index (χ3v) is 4.04. The maximum atomic E-state index is 13.0. The van der Waals surface area contributed by atoms with Gasteiger partial charge < -0.3 is 10.6 Å². The summed E-state index contributed by atoms with van der Waals surface area (Å²) in [6, 6.07) is 13.2. The number of anilines is 3. The molecule has 0 aliphatic heterocycles. The number of carbonyl (C=O) groups excluding carboxylic acids is 1. The number of carbonyl (C=O) groups is 1. The number of aryl methyl sites for hydroxylation is 2. The predicted molar refractivity (Wildman–Crippen MR) is 100 cm³/mol. The van der Waals surface area contributed by atoms with Gasteiger partial charge in [0.1, 0.15) is 11.5 Å². The molecule has 0 atom stereocenters. The van der Waals surface area contributed by atoms with Gasteiger partial charge in [-0.25, -0.2) is 14.4 Å². The number of halogens is 1. The summed E-state index contributed by atoms with van der Waals surface area (Å²) >= 11 is 0. The Balaban J connectivity index is 1.83. The molecule has 3 aromatic rings. The van der Waals surface area contributed by atoms with Crippen molar-refractivity contribution in [1.82, 2.24) is 9.97 Å². The van der Waals surface area contributed by atoms with Crippen LogP contribution in [0.4, 0.5) is 21.7 Å². The van der Waals surface area contributed by atoms with Crippen LogP contribution in [0.25, 0.3) is 0 Å². The second kappa shape index (κ2) is 7.31. The van der Waals surface area contributed by atoms with Gasteiger partial charge in [0.25, 0.3) is 5.91 Å². The summed E-state index contributed by atoms with van der Waals surface area (Å²) in [5, 5.41) is 5.87. The molecule has 0 saturated heterocycles. The summed E-state index contributed by atoms with van der Waals surface area (Å²) in [6.07, 6.45) is 0.